The van der Waals surface area contributed by atoms with E-state index in [1.807, 2.05) is 0 Å². The fraction of sp³-hybridized carbons (Fsp3) is 0.462. The molecule has 10 rings (SSSR count). The summed E-state index contributed by atoms with van der Waals surface area (Å²) in [6, 6.07) is 6.97. The van der Waals surface area contributed by atoms with E-state index in [0.717, 1.165) is 35.2 Å². The molecule has 16 atom stereocenters. The van der Waals surface area contributed by atoms with Gasteiger partial charge in [-0.05, 0) is 12.1 Å². The second-order valence-corrected chi connectivity index (χ2v) is 27.2. The lowest BCUT2D eigenvalue weighted by Gasteiger charge is -2.28. The van der Waals surface area contributed by atoms with Crippen LogP contribution >= 0.6 is 31.1 Å². The van der Waals surface area contributed by atoms with Crippen molar-refractivity contribution in [3.8, 4) is 0 Å². The third-order valence-electron chi connectivity index (χ3n) is 13.5. The van der Waals surface area contributed by atoms with Crippen LogP contribution < -0.4 is 37.6 Å². The van der Waals surface area contributed by atoms with Gasteiger partial charge in [0.25, 0.3) is 17.1 Å². The topological polar surface area (TPSA) is 579 Å². The molecule has 3 aliphatic rings. The Hall–Kier alpha value is -5.94. The molecule has 3 saturated heterocycles. The van der Waals surface area contributed by atoms with Gasteiger partial charge in [-0.25, -0.2) is 51.3 Å². The largest absolute Gasteiger partial charge is 0.490 e. The van der Waals surface area contributed by atoms with Gasteiger partial charge in [-0.15, -0.1) is 0 Å². The number of aryl methyl sites for hydroxylation is 1. The Morgan fingerprint density at radius 2 is 1.33 bits per heavy atom. The molecule has 9 heterocycles. The van der Waals surface area contributed by atoms with E-state index < -0.39 is 152 Å². The van der Waals surface area contributed by atoms with Crippen molar-refractivity contribution in [3.63, 3.8) is 0 Å². The maximum atomic E-state index is 14.5. The Balaban J connectivity index is 0.839. The van der Waals surface area contributed by atoms with Crippen LogP contribution in [0, 0.1) is 5.92 Å². The minimum atomic E-state index is -6.32. The van der Waals surface area contributed by atoms with Crippen LogP contribution in [-0.2, 0) is 76.5 Å². The summed E-state index contributed by atoms with van der Waals surface area (Å²) in [5.74, 6) is -2.18. The van der Waals surface area contributed by atoms with Crippen LogP contribution in [-0.4, -0.2) is 179 Å². The molecule has 0 spiro atoms. The summed E-state index contributed by atoms with van der Waals surface area (Å²) in [6.07, 6.45) is -12.3. The number of aliphatic hydroxyl groups is 3. The molecule has 16 N–H and O–H groups in total. The minimum Gasteiger partial charge on any atom is -0.387 e. The van der Waals surface area contributed by atoms with E-state index in [1.165, 1.54) is 46.8 Å². The van der Waals surface area contributed by atoms with E-state index in [2.05, 4.69) is 53.2 Å². The normalized spacial score (nSPS) is 28.6. The number of hydrogen-bond donors (Lipinski definition) is 13. The highest BCUT2D eigenvalue weighted by molar-refractivity contribution is 7.89. The molecule has 0 bridgehead atoms. The molecule has 1 aromatic carbocycles. The Kier molecular flexibility index (Phi) is 16.8. The summed E-state index contributed by atoms with van der Waals surface area (Å²) in [6.45, 7) is -4.13. The molecule has 3 aliphatic heterocycles. The number of aromatic nitrogens is 12. The highest BCUT2D eigenvalue weighted by Crippen LogP contribution is 2.68. The van der Waals surface area contributed by atoms with Gasteiger partial charge in [-0.3, -0.25) is 46.9 Å². The number of ether oxygens (including phenoxy) is 4. The van der Waals surface area contributed by atoms with E-state index in [0.29, 0.717) is 0 Å². The fourth-order valence-corrected chi connectivity index (χ4v) is 16.1. The summed E-state index contributed by atoms with van der Waals surface area (Å²) in [7, 11) is -25.5. The van der Waals surface area contributed by atoms with Gasteiger partial charge in [-0.2, -0.15) is 13.6 Å². The fourth-order valence-electron chi connectivity index (χ4n) is 9.72. The van der Waals surface area contributed by atoms with Gasteiger partial charge in [-0.1, -0.05) is 23.2 Å². The molecular formula is C39H51N16O24P4S+. The maximum absolute atomic E-state index is 14.5. The SMILES string of the molecule is CO[C@@H]1[C@H](P(=O)(O)OC[C@H]2O[C@@H](n3cnc4c(=O)[nH]c(N)nc43)[C@H](O)[C@@H]2O)[C@@H](COP(=O)(O)OP(=O)(O)OP(=O)(O)OC[C@H]2O[C@@H]([n+]3cn(C)c4c(=O)[nH]c(N)nc43)[C@H](O)[C@@H]2CNS(=O)(=O)c2ccccc2)O[C@H]1n1cnc2c(N)ncnc21. The van der Waals surface area contributed by atoms with Crippen molar-refractivity contribution in [2.75, 3.05) is 50.7 Å². The summed E-state index contributed by atoms with van der Waals surface area (Å²) in [5.41, 5.74) is 13.4. The van der Waals surface area contributed by atoms with Crippen molar-refractivity contribution in [1.29, 1.82) is 0 Å². The molecular weight excluding hydrogens is 1230 g/mol. The average Bonchev–Trinajstić information content (AvgIpc) is 2.24. The quantitative estimate of drug-likeness (QED) is 0.0232. The number of methoxy groups -OCH3 is 1. The maximum Gasteiger partial charge on any atom is 0.490 e. The summed E-state index contributed by atoms with van der Waals surface area (Å²) >= 11 is 0. The number of imidazole rings is 3. The highest BCUT2D eigenvalue weighted by Gasteiger charge is 2.58. The van der Waals surface area contributed by atoms with E-state index >= 15 is 0 Å². The molecule has 45 heteroatoms. The van der Waals surface area contributed by atoms with E-state index in [1.54, 1.807) is 6.07 Å². The monoisotopic (exact) mass is 1280 g/mol. The Morgan fingerprint density at radius 1 is 0.726 bits per heavy atom. The number of nitrogen functional groups attached to an aromatic ring is 3. The van der Waals surface area contributed by atoms with Gasteiger partial charge >= 0.3 is 36.7 Å². The second-order valence-electron chi connectivity index (χ2n) is 18.8. The number of sulfonamides is 1. The highest BCUT2D eigenvalue weighted by atomic mass is 32.2. The zero-order valence-electron chi connectivity index (χ0n) is 42.9. The number of phosphoric ester groups is 2. The molecule has 456 valence electrons. The van der Waals surface area contributed by atoms with Crippen LogP contribution in [0.1, 0.15) is 18.7 Å². The van der Waals surface area contributed by atoms with E-state index in [-0.39, 0.29) is 56.1 Å². The minimum absolute atomic E-state index is 0.0207. The first-order valence-electron chi connectivity index (χ1n) is 24.1. The van der Waals surface area contributed by atoms with Crippen molar-refractivity contribution in [2.45, 2.75) is 72.0 Å². The predicted octanol–water partition coefficient (Wildman–Crippen LogP) is -3.41. The average molecular weight is 1280 g/mol. The summed E-state index contributed by atoms with van der Waals surface area (Å²) in [5, 5.41) is 33.7. The van der Waals surface area contributed by atoms with Gasteiger partial charge in [0.05, 0.1) is 50.5 Å². The first kappa shape index (κ1) is 61.2. The van der Waals surface area contributed by atoms with Crippen LogP contribution in [0.25, 0.3) is 33.5 Å². The van der Waals surface area contributed by atoms with Gasteiger partial charge in [0.2, 0.25) is 27.7 Å². The predicted molar refractivity (Wildman–Crippen MR) is 277 cm³/mol. The van der Waals surface area contributed by atoms with Gasteiger partial charge in [0, 0.05) is 19.6 Å². The van der Waals surface area contributed by atoms with Crippen molar-refractivity contribution in [2.24, 2.45) is 13.0 Å². The Labute approximate surface area is 468 Å². The second kappa shape index (κ2) is 23.1. The van der Waals surface area contributed by atoms with Crippen LogP contribution in [0.5, 0.6) is 0 Å². The zero-order valence-corrected chi connectivity index (χ0v) is 47.3. The number of phosphoric acid groups is 3. The third-order valence-corrected chi connectivity index (χ3v) is 21.1. The van der Waals surface area contributed by atoms with E-state index in [9.17, 15) is 71.2 Å². The van der Waals surface area contributed by atoms with Gasteiger partial charge < -0.3 is 75.6 Å². The van der Waals surface area contributed by atoms with Crippen molar-refractivity contribution >= 4 is 92.3 Å². The number of nitrogens with two attached hydrogens (primary N) is 3. The molecule has 84 heavy (non-hydrogen) atoms. The first-order chi connectivity index (χ1) is 39.5. The lowest BCUT2D eigenvalue weighted by Crippen LogP contribution is -2.46. The lowest BCUT2D eigenvalue weighted by atomic mass is 9.98. The van der Waals surface area contributed by atoms with Gasteiger partial charge in [0.15, 0.2) is 41.4 Å². The van der Waals surface area contributed by atoms with Crippen LogP contribution in [0.15, 0.2) is 70.1 Å². The molecule has 0 aliphatic carbocycles. The Bertz CT molecular complexity index is 4080. The molecule has 3 fully saturated rings. The summed E-state index contributed by atoms with van der Waals surface area (Å²) in [4.78, 5) is 97.6. The van der Waals surface area contributed by atoms with E-state index in [4.69, 9.17) is 49.7 Å². The smallest absolute Gasteiger partial charge is 0.387 e. The van der Waals surface area contributed by atoms with Crippen molar-refractivity contribution in [1.82, 2.24) is 58.3 Å². The van der Waals surface area contributed by atoms with Crippen molar-refractivity contribution in [3.05, 3.63) is 76.3 Å². The Morgan fingerprint density at radius 3 is 2.01 bits per heavy atom. The van der Waals surface area contributed by atoms with Crippen LogP contribution in [0.4, 0.5) is 17.7 Å². The molecule has 40 nitrogen and oxygen atoms in total. The lowest BCUT2D eigenvalue weighted by molar-refractivity contribution is -0.745. The molecule has 0 saturated carbocycles. The molecule has 4 unspecified atom stereocenters. The van der Waals surface area contributed by atoms with Crippen molar-refractivity contribution < 1.29 is 107 Å². The number of hydrogen-bond acceptors (Lipinski definition) is 29. The summed E-state index contributed by atoms with van der Waals surface area (Å²) < 4.78 is 136. The number of aromatic amines is 2. The number of fused-ring (bicyclic) bond motifs is 3. The standard InChI is InChI=1S/C39H50N16O24P4S/c1-52-15-55(32-23(52)34(60)51-39(42)49-32)35-24(56)17(8-47-84(69,70)16-6-4-3-5-7-16)18(75-35)9-73-81(63,64)78-83(67,68)79-82(65,66)74-11-20-28(27(71-2)37(77-20)53-13-45-21-29(40)43-12-44-30(21)53)80(61,62)72-10-19-25(57)26(58)36(76-19)54-14-46-22-31(54)48-38(41)50-33(22)59/h3-7,12-15,17-20,24-28,35-37,47,56-58H,8-11H2,1-2H3,(H11-,40,41,42,43,44,48,49,50,51,59,60,61,62,63,64,65,66,67,68)/p+1/t17-,18-,19-,20-,24-,25-,26-,27-,28-,35-,36-,37-/m1/s1. The van der Waals surface area contributed by atoms with Crippen LogP contribution in [0.2, 0.25) is 0 Å². The molecule has 6 aromatic heterocycles. The number of nitrogens with zero attached hydrogens (tertiary/aromatic N) is 10. The number of H-pyrrole nitrogens is 2. The van der Waals surface area contributed by atoms with Crippen LogP contribution in [0.3, 0.4) is 0 Å². The number of anilines is 3. The number of benzene rings is 1. The number of aliphatic hydroxyl groups excluding tert-OH is 3. The third kappa shape index (κ3) is 12.1. The first-order valence-corrected chi connectivity index (χ1v) is 31.8. The zero-order chi connectivity index (χ0) is 60.6. The molecule has 0 amide bonds. The van der Waals surface area contributed by atoms with Gasteiger partial charge in [0.1, 0.15) is 54.1 Å². The number of nitrogens with one attached hydrogen (secondary N) is 3. The number of rotatable bonds is 22. The molecule has 7 aromatic rings. The molecule has 0 radical (unpaired) electrons.